The molecule has 5 rings (SSSR count). The van der Waals surface area contributed by atoms with Gasteiger partial charge in [0.25, 0.3) is 0 Å². The van der Waals surface area contributed by atoms with E-state index in [-0.39, 0.29) is 11.3 Å². The summed E-state index contributed by atoms with van der Waals surface area (Å²) in [5.41, 5.74) is 2.29. The Kier molecular flexibility index (Phi) is 7.60. The number of imidazole rings is 1. The summed E-state index contributed by atoms with van der Waals surface area (Å²) in [6, 6.07) is 25.8. The molecule has 0 spiro atoms. The fraction of sp³-hybridized carbons (Fsp3) is 0.0667. The smallest absolute Gasteiger partial charge is 0.343 e. The number of esters is 1. The molecule has 0 saturated carbocycles. The van der Waals surface area contributed by atoms with Gasteiger partial charge in [0.15, 0.2) is 0 Å². The number of carbonyl (C=O) groups excluding carboxylic acids is 1. The van der Waals surface area contributed by atoms with Gasteiger partial charge in [-0.05, 0) is 84.9 Å². The lowest BCUT2D eigenvalue weighted by molar-refractivity contribution is 0.0693. The Balaban J connectivity index is 1.49. The highest BCUT2D eigenvalue weighted by atomic mass is 79.9. The van der Waals surface area contributed by atoms with Crippen LogP contribution in [0.5, 0.6) is 5.75 Å². The molecule has 190 valence electrons. The number of aromatic nitrogens is 2. The number of fused-ring (bicyclic) bond motifs is 1. The van der Waals surface area contributed by atoms with E-state index in [1.165, 1.54) is 48.5 Å². The molecule has 0 unspecified atom stereocenters. The monoisotopic (exact) mass is 574 g/mol. The number of para-hydroxylation sites is 2. The second kappa shape index (κ2) is 11.4. The lowest BCUT2D eigenvalue weighted by atomic mass is 10.1. The molecule has 0 atom stereocenters. The number of carbonyl (C=O) groups is 1. The van der Waals surface area contributed by atoms with E-state index in [2.05, 4.69) is 15.9 Å². The van der Waals surface area contributed by atoms with Gasteiger partial charge >= 0.3 is 5.97 Å². The quantitative estimate of drug-likeness (QED) is 0.142. The zero-order chi connectivity index (χ0) is 26.5. The van der Waals surface area contributed by atoms with Crippen LogP contribution in [0, 0.1) is 11.6 Å². The number of nitrogens with zero attached hydrogens (tertiary/aromatic N) is 2. The summed E-state index contributed by atoms with van der Waals surface area (Å²) in [5.74, 6) is -0.136. The van der Waals surface area contributed by atoms with Crippen LogP contribution in [0.2, 0.25) is 0 Å². The summed E-state index contributed by atoms with van der Waals surface area (Å²) in [7, 11) is 0. The van der Waals surface area contributed by atoms with Gasteiger partial charge in [-0.3, -0.25) is 0 Å². The van der Waals surface area contributed by atoms with Gasteiger partial charge in [0, 0.05) is 16.1 Å². The van der Waals surface area contributed by atoms with Crippen LogP contribution in [0.1, 0.15) is 21.7 Å². The summed E-state index contributed by atoms with van der Waals surface area (Å²) in [6.07, 6.45) is 1.63. The van der Waals surface area contributed by atoms with Gasteiger partial charge in [-0.2, -0.15) is 0 Å². The van der Waals surface area contributed by atoms with Gasteiger partial charge in [0.05, 0.1) is 23.1 Å². The summed E-state index contributed by atoms with van der Waals surface area (Å²) in [5, 5.41) is 0. The van der Waals surface area contributed by atoms with E-state index in [0.717, 1.165) is 21.3 Å². The second-order valence-corrected chi connectivity index (χ2v) is 9.24. The molecular weight excluding hydrogens is 554 g/mol. The van der Waals surface area contributed by atoms with Crippen molar-refractivity contribution in [1.29, 1.82) is 0 Å². The second-order valence-electron chi connectivity index (χ2n) is 8.32. The Labute approximate surface area is 226 Å². The fourth-order valence-corrected chi connectivity index (χ4v) is 4.14. The van der Waals surface area contributed by atoms with Crippen molar-refractivity contribution in [2.75, 3.05) is 6.61 Å². The molecule has 1 aromatic heterocycles. The average molecular weight is 575 g/mol. The van der Waals surface area contributed by atoms with Crippen molar-refractivity contribution < 1.29 is 23.0 Å². The minimum Gasteiger partial charge on any atom is -0.492 e. The van der Waals surface area contributed by atoms with Crippen molar-refractivity contribution in [2.45, 2.75) is 6.54 Å². The maximum atomic E-state index is 13.7. The number of hydrogen-bond acceptors (Lipinski definition) is 4. The van der Waals surface area contributed by atoms with E-state index < -0.39 is 17.6 Å². The van der Waals surface area contributed by atoms with Crippen LogP contribution in [0.4, 0.5) is 8.78 Å². The lowest BCUT2D eigenvalue weighted by Gasteiger charge is -2.12. The number of benzene rings is 4. The summed E-state index contributed by atoms with van der Waals surface area (Å²) in [6.45, 7) is 0.828. The van der Waals surface area contributed by atoms with Gasteiger partial charge in [-0.25, -0.2) is 18.6 Å². The highest BCUT2D eigenvalue weighted by molar-refractivity contribution is 9.10. The molecule has 0 N–H and O–H groups in total. The van der Waals surface area contributed by atoms with E-state index in [9.17, 15) is 13.6 Å². The largest absolute Gasteiger partial charge is 0.492 e. The number of hydrogen-bond donors (Lipinski definition) is 0. The van der Waals surface area contributed by atoms with Crippen molar-refractivity contribution in [3.63, 3.8) is 0 Å². The SMILES string of the molecule is O=C(O/C(=C/c1nc2ccccc2n1CCOc1ccc(Br)cc1)c1ccc(F)cc1)c1ccc(F)cc1. The van der Waals surface area contributed by atoms with Gasteiger partial charge in [0.1, 0.15) is 35.6 Å². The van der Waals surface area contributed by atoms with Crippen LogP contribution in [0.25, 0.3) is 22.9 Å². The number of halogens is 3. The average Bonchev–Trinajstić information content (AvgIpc) is 3.27. The topological polar surface area (TPSA) is 53.3 Å². The first kappa shape index (κ1) is 25.4. The molecule has 5 aromatic rings. The predicted octanol–water partition coefficient (Wildman–Crippen LogP) is 7.51. The van der Waals surface area contributed by atoms with E-state index in [4.69, 9.17) is 14.5 Å². The Morgan fingerprint density at radius 1 is 0.842 bits per heavy atom. The molecule has 0 aliphatic heterocycles. The van der Waals surface area contributed by atoms with Crippen molar-refractivity contribution in [3.05, 3.63) is 130 Å². The molecule has 0 bridgehead atoms. The van der Waals surface area contributed by atoms with Crippen LogP contribution in [-0.2, 0) is 11.3 Å². The molecule has 0 aliphatic rings. The van der Waals surface area contributed by atoms with Gasteiger partial charge in [0.2, 0.25) is 0 Å². The van der Waals surface area contributed by atoms with Gasteiger partial charge in [-0.15, -0.1) is 0 Å². The zero-order valence-corrected chi connectivity index (χ0v) is 21.6. The van der Waals surface area contributed by atoms with Gasteiger partial charge < -0.3 is 14.0 Å². The van der Waals surface area contributed by atoms with Crippen LogP contribution < -0.4 is 4.74 Å². The van der Waals surface area contributed by atoms with E-state index >= 15 is 0 Å². The normalized spacial score (nSPS) is 11.5. The van der Waals surface area contributed by atoms with Crippen LogP contribution in [0.3, 0.4) is 0 Å². The molecule has 5 nitrogen and oxygen atoms in total. The molecule has 0 fully saturated rings. The molecule has 0 radical (unpaired) electrons. The van der Waals surface area contributed by atoms with Crippen LogP contribution >= 0.6 is 15.9 Å². The van der Waals surface area contributed by atoms with E-state index in [1.807, 2.05) is 53.1 Å². The van der Waals surface area contributed by atoms with Crippen LogP contribution in [-0.4, -0.2) is 22.1 Å². The van der Waals surface area contributed by atoms with Crippen molar-refractivity contribution >= 4 is 44.8 Å². The number of ether oxygens (including phenoxy) is 2. The summed E-state index contributed by atoms with van der Waals surface area (Å²) in [4.78, 5) is 17.6. The molecule has 0 saturated heterocycles. The third-order valence-electron chi connectivity index (χ3n) is 5.75. The van der Waals surface area contributed by atoms with E-state index in [1.54, 1.807) is 6.08 Å². The first-order valence-electron chi connectivity index (χ1n) is 11.8. The van der Waals surface area contributed by atoms with Crippen molar-refractivity contribution in [1.82, 2.24) is 9.55 Å². The molecule has 38 heavy (non-hydrogen) atoms. The Hall–Kier alpha value is -4.30. The number of rotatable bonds is 8. The Bertz CT molecular complexity index is 1600. The Morgan fingerprint density at radius 3 is 2.16 bits per heavy atom. The molecule has 0 aliphatic carbocycles. The summed E-state index contributed by atoms with van der Waals surface area (Å²) >= 11 is 3.42. The maximum Gasteiger partial charge on any atom is 0.343 e. The maximum absolute atomic E-state index is 13.7. The third-order valence-corrected chi connectivity index (χ3v) is 6.28. The fourth-order valence-electron chi connectivity index (χ4n) is 3.87. The molecule has 4 aromatic carbocycles. The Morgan fingerprint density at radius 2 is 1.47 bits per heavy atom. The highest BCUT2D eigenvalue weighted by Crippen LogP contribution is 2.25. The standard InChI is InChI=1S/C30H21BrF2N2O3/c31-22-9-15-25(16-10-22)37-18-17-35-27-4-2-1-3-26(27)34-29(35)19-28(20-5-11-23(32)12-6-20)38-30(36)21-7-13-24(33)14-8-21/h1-16,19H,17-18H2/b28-19+. The lowest BCUT2D eigenvalue weighted by Crippen LogP contribution is -2.10. The van der Waals surface area contributed by atoms with Crippen molar-refractivity contribution in [3.8, 4) is 5.75 Å². The molecular formula is C30H21BrF2N2O3. The summed E-state index contributed by atoms with van der Waals surface area (Å²) < 4.78 is 41.6. The molecule has 8 heteroatoms. The minimum atomic E-state index is -0.679. The minimum absolute atomic E-state index is 0.171. The van der Waals surface area contributed by atoms with E-state index in [0.29, 0.717) is 24.5 Å². The highest BCUT2D eigenvalue weighted by Gasteiger charge is 2.16. The van der Waals surface area contributed by atoms with Crippen molar-refractivity contribution in [2.24, 2.45) is 0 Å². The first-order chi connectivity index (χ1) is 18.5. The molecule has 0 amide bonds. The third kappa shape index (κ3) is 5.98. The predicted molar refractivity (Wildman–Crippen MR) is 145 cm³/mol. The van der Waals surface area contributed by atoms with Gasteiger partial charge in [-0.1, -0.05) is 28.1 Å². The first-order valence-corrected chi connectivity index (χ1v) is 12.5. The van der Waals surface area contributed by atoms with Crippen LogP contribution in [0.15, 0.2) is 102 Å². The molecule has 1 heterocycles. The zero-order valence-electron chi connectivity index (χ0n) is 20.0.